The molecule has 4 aromatic rings. The lowest BCUT2D eigenvalue weighted by Gasteiger charge is -2.32. The molecule has 0 fully saturated rings. The maximum Gasteiger partial charge on any atom is 0.255 e. The number of benzene rings is 3. The molecule has 1 aromatic heterocycles. The van der Waals surface area contributed by atoms with E-state index in [2.05, 4.69) is 38.2 Å². The molecule has 67 heavy (non-hydrogen) atoms. The van der Waals surface area contributed by atoms with E-state index < -0.39 is 53.7 Å². The number of ether oxygens (including phenoxy) is 3. The highest BCUT2D eigenvalue weighted by Crippen LogP contribution is 2.40. The molecule has 0 saturated carbocycles. The first-order valence-electron chi connectivity index (χ1n) is 22.3. The Bertz CT molecular complexity index is 2420. The lowest BCUT2D eigenvalue weighted by atomic mass is 9.93. The van der Waals surface area contributed by atoms with Gasteiger partial charge in [0.2, 0.25) is 23.6 Å². The fourth-order valence-electron chi connectivity index (χ4n) is 7.57. The minimum absolute atomic E-state index is 0.00116. The van der Waals surface area contributed by atoms with Gasteiger partial charge in [-0.05, 0) is 99.8 Å². The van der Waals surface area contributed by atoms with Crippen molar-refractivity contribution in [3.8, 4) is 45.8 Å². The summed E-state index contributed by atoms with van der Waals surface area (Å²) in [6, 6.07) is 14.4. The normalized spacial score (nSPS) is 16.3. The highest BCUT2D eigenvalue weighted by Gasteiger charge is 2.36. The quantitative estimate of drug-likeness (QED) is 0.0524. The van der Waals surface area contributed by atoms with E-state index in [0.29, 0.717) is 57.6 Å². The number of carbonyl (C=O) groups is 5. The van der Waals surface area contributed by atoms with E-state index in [0.717, 1.165) is 24.2 Å². The number of nitrogens with zero attached hydrogens (tertiary/aromatic N) is 4. The number of aromatic nitrogens is 2. The number of carbonyl (C=O) groups excluding carboxylic acids is 5. The van der Waals surface area contributed by atoms with Gasteiger partial charge in [-0.3, -0.25) is 24.0 Å². The van der Waals surface area contributed by atoms with Gasteiger partial charge in [0.05, 0.1) is 29.6 Å². The molecular formula is C48H61N11O8. The fraction of sp³-hybridized carbons (Fsp3) is 0.417. The molecule has 19 heteroatoms. The molecule has 1 aliphatic rings. The maximum atomic E-state index is 14.7. The van der Waals surface area contributed by atoms with Gasteiger partial charge >= 0.3 is 0 Å². The molecule has 3 aromatic carbocycles. The first kappa shape index (κ1) is 50.9. The van der Waals surface area contributed by atoms with Crippen LogP contribution in [-0.2, 0) is 25.6 Å². The number of hydrogen-bond donors (Lipinski definition) is 7. The van der Waals surface area contributed by atoms with Crippen LogP contribution < -0.4 is 52.7 Å². The second kappa shape index (κ2) is 24.4. The molecule has 4 unspecified atom stereocenters. The monoisotopic (exact) mass is 919 g/mol. The van der Waals surface area contributed by atoms with E-state index in [1.807, 2.05) is 30.3 Å². The van der Waals surface area contributed by atoms with Crippen LogP contribution in [0.25, 0.3) is 22.5 Å². The number of likely N-dealkylation sites (N-methyl/N-ethyl adjacent to an activating group) is 1. The van der Waals surface area contributed by atoms with Crippen molar-refractivity contribution in [2.24, 2.45) is 17.2 Å². The largest absolute Gasteiger partial charge is 0.494 e. The second-order valence-corrected chi connectivity index (χ2v) is 16.0. The summed E-state index contributed by atoms with van der Waals surface area (Å²) in [5, 5.41) is 19.9. The Morgan fingerprint density at radius 1 is 0.866 bits per heavy atom. The molecule has 0 spiro atoms. The number of nitrogens with two attached hydrogens (primary N) is 3. The summed E-state index contributed by atoms with van der Waals surface area (Å²) in [6.07, 6.45) is 1.95. The van der Waals surface area contributed by atoms with Gasteiger partial charge in [0, 0.05) is 43.2 Å². The third-order valence-electron chi connectivity index (χ3n) is 11.0. The summed E-state index contributed by atoms with van der Waals surface area (Å²) in [4.78, 5) is 81.0. The van der Waals surface area contributed by atoms with E-state index in [9.17, 15) is 29.2 Å². The summed E-state index contributed by atoms with van der Waals surface area (Å²) >= 11 is 0. The van der Waals surface area contributed by atoms with Gasteiger partial charge in [0.15, 0.2) is 5.82 Å². The first-order chi connectivity index (χ1) is 32.2. The SMILES string of the molecule is CCCCOc1ccc(-c2nc(C)c(C(=O)NC(CCN)C(=O)N(C)C3C(=O)NC(C)C(=O)NC(C(=O)NCC#N)Cc4ccc(OCCN)c(c4)-c4cc3ccc4OCCN)c(C)n2)cc1. The van der Waals surface area contributed by atoms with Crippen molar-refractivity contribution in [3.63, 3.8) is 0 Å². The molecule has 4 atom stereocenters. The second-order valence-electron chi connectivity index (χ2n) is 16.0. The van der Waals surface area contributed by atoms with Crippen LogP contribution in [0.15, 0.2) is 60.7 Å². The van der Waals surface area contributed by atoms with Crippen molar-refractivity contribution >= 4 is 29.5 Å². The molecule has 19 nitrogen and oxygen atoms in total. The minimum Gasteiger partial charge on any atom is -0.494 e. The molecular weight excluding hydrogens is 859 g/mol. The zero-order valence-electron chi connectivity index (χ0n) is 38.6. The Hall–Kier alpha value is -7.14. The van der Waals surface area contributed by atoms with Crippen molar-refractivity contribution in [1.29, 1.82) is 5.26 Å². The van der Waals surface area contributed by atoms with Gasteiger partial charge in [-0.2, -0.15) is 5.26 Å². The zero-order valence-corrected chi connectivity index (χ0v) is 38.6. The summed E-state index contributed by atoms with van der Waals surface area (Å²) in [5.74, 6) is -1.48. The van der Waals surface area contributed by atoms with E-state index in [1.54, 1.807) is 50.2 Å². The highest BCUT2D eigenvalue weighted by atomic mass is 16.5. The van der Waals surface area contributed by atoms with Crippen molar-refractivity contribution in [2.45, 2.75) is 77.5 Å². The summed E-state index contributed by atoms with van der Waals surface area (Å²) in [6.45, 7) is 7.84. The van der Waals surface area contributed by atoms with Crippen molar-refractivity contribution < 1.29 is 38.2 Å². The van der Waals surface area contributed by atoms with Crippen molar-refractivity contribution in [3.05, 3.63) is 88.7 Å². The van der Waals surface area contributed by atoms with Crippen molar-refractivity contribution in [1.82, 2.24) is 36.1 Å². The molecule has 0 saturated heterocycles. The first-order valence-corrected chi connectivity index (χ1v) is 22.3. The molecule has 10 N–H and O–H groups in total. The van der Waals surface area contributed by atoms with Gasteiger partial charge in [-0.1, -0.05) is 25.5 Å². The lowest BCUT2D eigenvalue weighted by molar-refractivity contribution is -0.141. The van der Waals surface area contributed by atoms with Crippen LogP contribution in [-0.4, -0.2) is 116 Å². The Labute approximate surface area is 390 Å². The summed E-state index contributed by atoms with van der Waals surface area (Å²) in [7, 11) is 1.41. The topological polar surface area (TPSA) is 292 Å². The third-order valence-corrected chi connectivity index (χ3v) is 11.0. The lowest BCUT2D eigenvalue weighted by Crippen LogP contribution is -2.56. The Morgan fingerprint density at radius 3 is 2.12 bits per heavy atom. The number of amides is 5. The Kier molecular flexibility index (Phi) is 18.5. The Balaban J connectivity index is 1.54. The average Bonchev–Trinajstić information content (AvgIpc) is 3.31. The molecule has 5 amide bonds. The van der Waals surface area contributed by atoms with Gasteiger partial charge in [-0.25, -0.2) is 9.97 Å². The third kappa shape index (κ3) is 13.0. The number of unbranched alkanes of at least 4 members (excludes halogenated alkanes) is 1. The van der Waals surface area contributed by atoms with Gasteiger partial charge < -0.3 is 57.6 Å². The molecule has 2 heterocycles. The number of rotatable bonds is 19. The predicted molar refractivity (Wildman–Crippen MR) is 251 cm³/mol. The standard InChI is InChI=1S/C48H61N11O8/c1-6-7-22-65-34-12-9-32(10-13-34)43-54-28(2)41(29(3)55-43)46(62)57-37(16-17-49)48(64)59(5)42-33-11-15-40(67-24-20-52)36(27-33)35-25-31(8-14-39(35)66-23-19-51)26-38(45(61)53-21-18-50)58-44(60)30(4)56-47(42)63/h8-15,25,27,30,37-38,42H,6-7,16-17,19-24,26,49,51-52H2,1-5H3,(H,53,61)(H,56,63)(H,57,62)(H,58,60). The van der Waals surface area contributed by atoms with Crippen LogP contribution in [0.4, 0.5) is 0 Å². The van der Waals surface area contributed by atoms with Gasteiger partial charge in [0.1, 0.15) is 61.2 Å². The number of hydrogen-bond acceptors (Lipinski definition) is 14. The fourth-order valence-corrected chi connectivity index (χ4v) is 7.57. The number of aryl methyl sites for hydroxylation is 2. The summed E-state index contributed by atoms with van der Waals surface area (Å²) < 4.78 is 18.0. The van der Waals surface area contributed by atoms with Gasteiger partial charge in [-0.15, -0.1) is 0 Å². The van der Waals surface area contributed by atoms with Gasteiger partial charge in [0.25, 0.3) is 5.91 Å². The van der Waals surface area contributed by atoms with E-state index in [-0.39, 0.29) is 57.8 Å². The summed E-state index contributed by atoms with van der Waals surface area (Å²) in [5.41, 5.74) is 21.2. The number of fused-ring (bicyclic) bond motifs is 5. The molecule has 0 radical (unpaired) electrons. The minimum atomic E-state index is -1.41. The number of nitrogens with one attached hydrogen (secondary N) is 4. The zero-order chi connectivity index (χ0) is 48.6. The molecule has 4 bridgehead atoms. The number of nitriles is 1. The molecule has 1 aliphatic heterocycles. The highest BCUT2D eigenvalue weighted by molar-refractivity contribution is 6.00. The maximum absolute atomic E-state index is 14.7. The van der Waals surface area contributed by atoms with Crippen LogP contribution in [0.1, 0.15) is 72.0 Å². The van der Waals surface area contributed by atoms with E-state index in [4.69, 9.17) is 31.4 Å². The molecule has 356 valence electrons. The smallest absolute Gasteiger partial charge is 0.255 e. The molecule has 0 aliphatic carbocycles. The molecule has 5 rings (SSSR count). The predicted octanol–water partition coefficient (Wildman–Crippen LogP) is 2.11. The van der Waals surface area contributed by atoms with Crippen LogP contribution in [0, 0.1) is 25.2 Å². The Morgan fingerprint density at radius 2 is 1.51 bits per heavy atom. The van der Waals surface area contributed by atoms with Crippen molar-refractivity contribution in [2.75, 3.05) is 53.0 Å². The average molecular weight is 920 g/mol. The van der Waals surface area contributed by atoms with Crippen LogP contribution in [0.5, 0.6) is 17.2 Å². The van der Waals surface area contributed by atoms with Crippen LogP contribution in [0.2, 0.25) is 0 Å². The van der Waals surface area contributed by atoms with Crippen LogP contribution in [0.3, 0.4) is 0 Å². The van der Waals surface area contributed by atoms with Crippen LogP contribution >= 0.6 is 0 Å². The van der Waals surface area contributed by atoms with E-state index >= 15 is 0 Å². The van der Waals surface area contributed by atoms with E-state index in [1.165, 1.54) is 18.9 Å².